The quantitative estimate of drug-likeness (QED) is 0.699. The molecule has 3 atom stereocenters. The van der Waals surface area contributed by atoms with Crippen LogP contribution in [0.5, 0.6) is 5.88 Å². The van der Waals surface area contributed by atoms with E-state index in [9.17, 15) is 13.6 Å². The number of aromatic nitrogens is 1. The van der Waals surface area contributed by atoms with E-state index in [0.29, 0.717) is 18.7 Å². The molecule has 3 rings (SSSR count). The smallest absolute Gasteiger partial charge is 0.341 e. The van der Waals surface area contributed by atoms with Gasteiger partial charge in [-0.05, 0) is 49.3 Å². The summed E-state index contributed by atoms with van der Waals surface area (Å²) in [5.41, 5.74) is 4.78. The van der Waals surface area contributed by atoms with Crippen LogP contribution in [-0.2, 0) is 33.2 Å². The first-order valence-electron chi connectivity index (χ1n) is 8.51. The molecule has 8 heteroatoms. The third-order valence-electron chi connectivity index (χ3n) is 4.80. The number of fused-ring (bicyclic) bond motifs is 1. The molecule has 0 saturated heterocycles. The van der Waals surface area contributed by atoms with E-state index in [4.69, 9.17) is 14.0 Å². The number of benzene rings is 1. The highest BCUT2D eigenvalue weighted by molar-refractivity contribution is 7.74. The molecule has 1 aromatic heterocycles. The Kier molecular flexibility index (Phi) is 5.88. The second kappa shape index (κ2) is 8.16. The van der Waals surface area contributed by atoms with Gasteiger partial charge in [0.2, 0.25) is 5.88 Å². The standard InChI is InChI=1S/C19H21NO6S/c1-11-3-5-13(6-4-11)18(26-27(23)24)14-7-15-9-20-19(25-10-17(21)22)12(2)16(15)8-14/h3-6,9,14,18H,7-8,10H2,1-2H3,(H,21,22)(H,23,24). The van der Waals surface area contributed by atoms with Gasteiger partial charge in [-0.15, -0.1) is 0 Å². The molecule has 0 bridgehead atoms. The second-order valence-corrected chi connectivity index (χ2v) is 7.31. The Morgan fingerprint density at radius 2 is 2.00 bits per heavy atom. The van der Waals surface area contributed by atoms with Crippen molar-refractivity contribution in [1.29, 1.82) is 0 Å². The number of carbonyl (C=O) groups is 1. The van der Waals surface area contributed by atoms with Gasteiger partial charge < -0.3 is 9.84 Å². The van der Waals surface area contributed by atoms with Crippen LogP contribution in [0.15, 0.2) is 30.5 Å². The van der Waals surface area contributed by atoms with Crippen LogP contribution in [0.2, 0.25) is 0 Å². The van der Waals surface area contributed by atoms with E-state index < -0.39 is 30.0 Å². The topological polar surface area (TPSA) is 106 Å². The molecule has 3 unspecified atom stereocenters. The van der Waals surface area contributed by atoms with Crippen LogP contribution in [0.4, 0.5) is 0 Å². The van der Waals surface area contributed by atoms with Crippen molar-refractivity contribution >= 4 is 17.3 Å². The van der Waals surface area contributed by atoms with Crippen molar-refractivity contribution < 1.29 is 27.6 Å². The van der Waals surface area contributed by atoms with Crippen LogP contribution < -0.4 is 4.74 Å². The minimum absolute atomic E-state index is 0.0333. The fourth-order valence-corrected chi connectivity index (χ4v) is 3.94. The Bertz CT molecular complexity index is 867. The van der Waals surface area contributed by atoms with Gasteiger partial charge in [0.25, 0.3) is 0 Å². The molecule has 0 spiro atoms. The molecule has 2 aromatic rings. The number of aryl methyl sites for hydroxylation is 1. The van der Waals surface area contributed by atoms with Crippen LogP contribution >= 0.6 is 0 Å². The summed E-state index contributed by atoms with van der Waals surface area (Å²) in [6.07, 6.45) is 2.43. The number of pyridine rings is 1. The number of carboxylic acids is 1. The van der Waals surface area contributed by atoms with Crippen LogP contribution in [-0.4, -0.2) is 31.4 Å². The fraction of sp³-hybridized carbons (Fsp3) is 0.368. The minimum atomic E-state index is -2.39. The van der Waals surface area contributed by atoms with Gasteiger partial charge in [0.15, 0.2) is 6.61 Å². The van der Waals surface area contributed by atoms with Gasteiger partial charge in [-0.2, -0.15) is 4.21 Å². The van der Waals surface area contributed by atoms with Gasteiger partial charge >= 0.3 is 17.3 Å². The molecule has 1 aliphatic rings. The highest BCUT2D eigenvalue weighted by Crippen LogP contribution is 2.40. The number of aliphatic carboxylic acids is 1. The summed E-state index contributed by atoms with van der Waals surface area (Å²) < 4.78 is 31.2. The van der Waals surface area contributed by atoms with Gasteiger partial charge in [-0.3, -0.25) is 8.74 Å². The molecular weight excluding hydrogens is 370 g/mol. The molecule has 7 nitrogen and oxygen atoms in total. The maximum Gasteiger partial charge on any atom is 0.341 e. The van der Waals surface area contributed by atoms with E-state index in [1.54, 1.807) is 6.20 Å². The van der Waals surface area contributed by atoms with E-state index in [2.05, 4.69) is 4.98 Å². The molecule has 1 aliphatic carbocycles. The lowest BCUT2D eigenvalue weighted by molar-refractivity contribution is -0.139. The first-order chi connectivity index (χ1) is 12.8. The summed E-state index contributed by atoms with van der Waals surface area (Å²) in [6.45, 7) is 3.37. The minimum Gasteiger partial charge on any atom is -0.479 e. The second-order valence-electron chi connectivity index (χ2n) is 6.69. The van der Waals surface area contributed by atoms with Gasteiger partial charge in [0.05, 0.1) is 0 Å². The molecule has 1 aromatic carbocycles. The van der Waals surface area contributed by atoms with Crippen molar-refractivity contribution in [2.75, 3.05) is 6.61 Å². The summed E-state index contributed by atoms with van der Waals surface area (Å²) in [6, 6.07) is 7.70. The largest absolute Gasteiger partial charge is 0.479 e. The summed E-state index contributed by atoms with van der Waals surface area (Å²) in [5.74, 6) is -0.794. The SMILES string of the molecule is Cc1ccc(C(OS(=O)O)C2Cc3cnc(OCC(=O)O)c(C)c3C2)cc1. The number of carboxylic acid groups (broad SMARTS) is 1. The summed E-state index contributed by atoms with van der Waals surface area (Å²) in [7, 11) is 0. The monoisotopic (exact) mass is 391 g/mol. The van der Waals surface area contributed by atoms with Crippen LogP contribution in [0, 0.1) is 19.8 Å². The maximum atomic E-state index is 11.4. The molecule has 2 N–H and O–H groups in total. The lowest BCUT2D eigenvalue weighted by atomic mass is 9.92. The molecular formula is C19H21NO6S. The first kappa shape index (κ1) is 19.5. The third kappa shape index (κ3) is 4.52. The fourth-order valence-electron chi connectivity index (χ4n) is 3.50. The van der Waals surface area contributed by atoms with Crippen LogP contribution in [0.1, 0.15) is 33.9 Å². The van der Waals surface area contributed by atoms with Gasteiger partial charge in [0.1, 0.15) is 6.10 Å². The Labute approximate surface area is 159 Å². The zero-order valence-corrected chi connectivity index (χ0v) is 15.9. The maximum absolute atomic E-state index is 11.4. The average molecular weight is 391 g/mol. The summed E-state index contributed by atoms with van der Waals surface area (Å²) >= 11 is -2.39. The summed E-state index contributed by atoms with van der Waals surface area (Å²) in [4.78, 5) is 14.9. The highest BCUT2D eigenvalue weighted by Gasteiger charge is 2.34. The van der Waals surface area contributed by atoms with Crippen LogP contribution in [0.25, 0.3) is 0 Å². The average Bonchev–Trinajstić information content (AvgIpc) is 3.04. The van der Waals surface area contributed by atoms with Gasteiger partial charge in [0, 0.05) is 11.8 Å². The Balaban J connectivity index is 1.85. The first-order valence-corrected chi connectivity index (χ1v) is 9.54. The molecule has 1 heterocycles. The normalized spacial score (nSPS) is 18.0. The van der Waals surface area contributed by atoms with E-state index in [-0.39, 0.29) is 5.92 Å². The Morgan fingerprint density at radius 1 is 1.30 bits per heavy atom. The van der Waals surface area contributed by atoms with Crippen molar-refractivity contribution in [1.82, 2.24) is 4.98 Å². The van der Waals surface area contributed by atoms with Crippen molar-refractivity contribution in [3.05, 3.63) is 58.3 Å². The zero-order valence-electron chi connectivity index (χ0n) is 15.0. The summed E-state index contributed by atoms with van der Waals surface area (Å²) in [5, 5.41) is 8.78. The number of hydrogen-bond acceptors (Lipinski definition) is 5. The zero-order chi connectivity index (χ0) is 19.6. The molecule has 0 amide bonds. The number of hydrogen-bond donors (Lipinski definition) is 2. The molecule has 144 valence electrons. The van der Waals surface area contributed by atoms with Crippen molar-refractivity contribution in [3.63, 3.8) is 0 Å². The molecule has 0 fully saturated rings. The Hall–Kier alpha value is -2.29. The van der Waals surface area contributed by atoms with E-state index >= 15 is 0 Å². The predicted molar refractivity (Wildman–Crippen MR) is 98.8 cm³/mol. The third-order valence-corrected chi connectivity index (χ3v) is 5.17. The van der Waals surface area contributed by atoms with Gasteiger partial charge in [-0.1, -0.05) is 29.8 Å². The number of rotatable bonds is 7. The van der Waals surface area contributed by atoms with Crippen molar-refractivity contribution in [2.24, 2.45) is 5.92 Å². The Morgan fingerprint density at radius 3 is 2.63 bits per heavy atom. The predicted octanol–water partition coefficient (Wildman–Crippen LogP) is 2.77. The van der Waals surface area contributed by atoms with E-state index in [1.165, 1.54) is 0 Å². The van der Waals surface area contributed by atoms with Gasteiger partial charge in [-0.25, -0.2) is 9.78 Å². The van der Waals surface area contributed by atoms with Crippen LogP contribution in [0.3, 0.4) is 0 Å². The molecule has 0 saturated carbocycles. The molecule has 0 radical (unpaired) electrons. The lowest BCUT2D eigenvalue weighted by Gasteiger charge is -2.22. The van der Waals surface area contributed by atoms with E-state index in [0.717, 1.165) is 27.8 Å². The van der Waals surface area contributed by atoms with Crippen molar-refractivity contribution in [2.45, 2.75) is 32.8 Å². The lowest BCUT2D eigenvalue weighted by Crippen LogP contribution is -2.18. The van der Waals surface area contributed by atoms with Crippen molar-refractivity contribution in [3.8, 4) is 5.88 Å². The highest BCUT2D eigenvalue weighted by atomic mass is 32.2. The molecule has 27 heavy (non-hydrogen) atoms. The number of nitrogens with zero attached hydrogens (tertiary/aromatic N) is 1. The number of ether oxygens (including phenoxy) is 1. The molecule has 0 aliphatic heterocycles. The van der Waals surface area contributed by atoms with E-state index in [1.807, 2.05) is 38.1 Å².